The Hall–Kier alpha value is -2.59. The summed E-state index contributed by atoms with van der Waals surface area (Å²) in [6, 6.07) is 23.4. The van der Waals surface area contributed by atoms with Crippen LogP contribution in [0.3, 0.4) is 0 Å². The van der Waals surface area contributed by atoms with Gasteiger partial charge in [-0.15, -0.1) is 0 Å². The summed E-state index contributed by atoms with van der Waals surface area (Å²) in [5.41, 5.74) is 4.86. The molecule has 0 saturated heterocycles. The second-order valence-electron chi connectivity index (χ2n) is 5.32. The highest BCUT2D eigenvalue weighted by molar-refractivity contribution is 5.95. The summed E-state index contributed by atoms with van der Waals surface area (Å²) < 4.78 is 0. The molecule has 0 N–H and O–H groups in total. The molecule has 0 amide bonds. The molecule has 3 aromatic rings. The van der Waals surface area contributed by atoms with Crippen molar-refractivity contribution in [3.63, 3.8) is 0 Å². The van der Waals surface area contributed by atoms with Crippen molar-refractivity contribution in [2.45, 2.75) is 12.3 Å². The van der Waals surface area contributed by atoms with Gasteiger partial charge in [-0.3, -0.25) is 0 Å². The van der Waals surface area contributed by atoms with Crippen molar-refractivity contribution < 1.29 is 0 Å². The fourth-order valence-corrected chi connectivity index (χ4v) is 3.38. The van der Waals surface area contributed by atoms with E-state index < -0.39 is 0 Å². The predicted octanol–water partition coefficient (Wildman–Crippen LogP) is 4.40. The Morgan fingerprint density at radius 2 is 1.75 bits per heavy atom. The molecule has 1 aliphatic carbocycles. The van der Waals surface area contributed by atoms with Gasteiger partial charge in [0.15, 0.2) is 0 Å². The summed E-state index contributed by atoms with van der Waals surface area (Å²) >= 11 is 0. The first-order valence-corrected chi connectivity index (χ1v) is 6.88. The first kappa shape index (κ1) is 11.3. The first-order chi connectivity index (χ1) is 9.88. The Labute approximate surface area is 118 Å². The highest BCUT2D eigenvalue weighted by atomic mass is 14.3. The summed E-state index contributed by atoms with van der Waals surface area (Å²) in [5, 5.41) is 11.7. The lowest BCUT2D eigenvalue weighted by molar-refractivity contribution is 0.848. The van der Waals surface area contributed by atoms with Gasteiger partial charge in [-0.25, -0.2) is 0 Å². The molecule has 94 valence electrons. The smallest absolute Gasteiger partial charge is 0.0998 e. The summed E-state index contributed by atoms with van der Waals surface area (Å²) in [4.78, 5) is 0. The third-order valence-corrected chi connectivity index (χ3v) is 4.28. The average molecular weight is 255 g/mol. The minimum Gasteiger partial charge on any atom is -0.192 e. The summed E-state index contributed by atoms with van der Waals surface area (Å²) in [6.07, 6.45) is 1.03. The zero-order valence-electron chi connectivity index (χ0n) is 11.0. The van der Waals surface area contributed by atoms with Crippen LogP contribution in [0.15, 0.2) is 60.7 Å². The van der Waals surface area contributed by atoms with Gasteiger partial charge in [0.2, 0.25) is 0 Å². The molecular formula is C19H13N. The number of nitrogens with zero attached hydrogens (tertiary/aromatic N) is 1. The van der Waals surface area contributed by atoms with Gasteiger partial charge in [-0.1, -0.05) is 54.6 Å². The Morgan fingerprint density at radius 3 is 2.55 bits per heavy atom. The van der Waals surface area contributed by atoms with Crippen molar-refractivity contribution in [1.82, 2.24) is 0 Å². The minimum absolute atomic E-state index is 0.420. The molecule has 0 fully saturated rings. The van der Waals surface area contributed by atoms with Gasteiger partial charge >= 0.3 is 0 Å². The highest BCUT2D eigenvalue weighted by Gasteiger charge is 2.26. The number of hydrogen-bond donors (Lipinski definition) is 0. The fourth-order valence-electron chi connectivity index (χ4n) is 3.38. The van der Waals surface area contributed by atoms with Gasteiger partial charge in [0.25, 0.3) is 0 Å². The van der Waals surface area contributed by atoms with Gasteiger partial charge in [-0.2, -0.15) is 5.26 Å². The van der Waals surface area contributed by atoms with E-state index in [1.54, 1.807) is 0 Å². The van der Waals surface area contributed by atoms with Crippen molar-refractivity contribution in [2.24, 2.45) is 0 Å². The molecule has 1 heteroatoms. The Kier molecular flexibility index (Phi) is 2.37. The monoisotopic (exact) mass is 255 g/mol. The molecule has 1 atom stereocenters. The lowest BCUT2D eigenvalue weighted by Crippen LogP contribution is -1.98. The molecule has 1 nitrogen and oxygen atoms in total. The molecule has 0 aromatic heterocycles. The second kappa shape index (κ2) is 4.21. The van der Waals surface area contributed by atoms with E-state index in [1.165, 1.54) is 22.1 Å². The van der Waals surface area contributed by atoms with Crippen LogP contribution in [0.4, 0.5) is 0 Å². The molecule has 4 rings (SSSR count). The maximum Gasteiger partial charge on any atom is 0.0998 e. The van der Waals surface area contributed by atoms with E-state index in [0.717, 1.165) is 17.4 Å². The Morgan fingerprint density at radius 1 is 0.900 bits per heavy atom. The van der Waals surface area contributed by atoms with Crippen LogP contribution in [0.5, 0.6) is 0 Å². The van der Waals surface area contributed by atoms with Crippen LogP contribution in [0.25, 0.3) is 10.8 Å². The zero-order chi connectivity index (χ0) is 13.5. The highest BCUT2D eigenvalue weighted by Crippen LogP contribution is 2.42. The van der Waals surface area contributed by atoms with Crippen LogP contribution < -0.4 is 0 Å². The molecule has 0 spiro atoms. The molecule has 0 radical (unpaired) electrons. The van der Waals surface area contributed by atoms with Gasteiger partial charge in [0.1, 0.15) is 0 Å². The van der Waals surface area contributed by atoms with E-state index in [1.807, 2.05) is 6.07 Å². The van der Waals surface area contributed by atoms with E-state index in [4.69, 9.17) is 0 Å². The molecule has 20 heavy (non-hydrogen) atoms. The van der Waals surface area contributed by atoms with E-state index in [9.17, 15) is 5.26 Å². The van der Waals surface area contributed by atoms with E-state index in [-0.39, 0.29) is 0 Å². The molecular weight excluding hydrogens is 242 g/mol. The average Bonchev–Trinajstić information content (AvgIpc) is 2.89. The maximum absolute atomic E-state index is 9.27. The topological polar surface area (TPSA) is 23.8 Å². The third kappa shape index (κ3) is 1.49. The molecule has 1 aliphatic rings. The second-order valence-corrected chi connectivity index (χ2v) is 5.32. The van der Waals surface area contributed by atoms with Crippen molar-refractivity contribution in [3.8, 4) is 6.07 Å². The van der Waals surface area contributed by atoms with Gasteiger partial charge < -0.3 is 0 Å². The van der Waals surface area contributed by atoms with Crippen LogP contribution in [0, 0.1) is 11.3 Å². The largest absolute Gasteiger partial charge is 0.192 e. The molecule has 0 heterocycles. The van der Waals surface area contributed by atoms with Crippen LogP contribution in [0.2, 0.25) is 0 Å². The van der Waals surface area contributed by atoms with Gasteiger partial charge in [0, 0.05) is 11.3 Å². The van der Waals surface area contributed by atoms with Crippen molar-refractivity contribution in [1.29, 1.82) is 5.26 Å². The normalized spacial score (nSPS) is 16.2. The maximum atomic E-state index is 9.27. The Bertz CT molecular complexity index is 841. The van der Waals surface area contributed by atoms with E-state index in [0.29, 0.717) is 5.92 Å². The number of hydrogen-bond acceptors (Lipinski definition) is 1. The summed E-state index contributed by atoms with van der Waals surface area (Å²) in [7, 11) is 0. The third-order valence-electron chi connectivity index (χ3n) is 4.28. The van der Waals surface area contributed by atoms with Crippen molar-refractivity contribution >= 4 is 10.8 Å². The number of rotatable bonds is 1. The van der Waals surface area contributed by atoms with Crippen molar-refractivity contribution in [2.75, 3.05) is 0 Å². The Balaban J connectivity index is 2.00. The predicted molar refractivity (Wildman–Crippen MR) is 80.7 cm³/mol. The fraction of sp³-hybridized carbons (Fsp3) is 0.105. The quantitative estimate of drug-likeness (QED) is 0.632. The molecule has 0 aliphatic heterocycles. The molecule has 3 aromatic carbocycles. The van der Waals surface area contributed by atoms with Crippen LogP contribution in [0.1, 0.15) is 28.2 Å². The summed E-state index contributed by atoms with van der Waals surface area (Å²) in [6.45, 7) is 0. The minimum atomic E-state index is 0.420. The standard InChI is InChI=1S/C19H13N/c20-12-15-9-10-17-18(13-5-2-1-3-6-13)11-14-7-4-8-16(15)19(14)17/h1-10,18H,11H2. The lowest BCUT2D eigenvalue weighted by Gasteiger charge is -2.12. The van der Waals surface area contributed by atoms with Crippen LogP contribution in [-0.4, -0.2) is 0 Å². The van der Waals surface area contributed by atoms with E-state index in [2.05, 4.69) is 60.7 Å². The molecule has 1 unspecified atom stereocenters. The number of nitriles is 1. The number of benzene rings is 3. The van der Waals surface area contributed by atoms with E-state index >= 15 is 0 Å². The molecule has 0 bridgehead atoms. The zero-order valence-corrected chi connectivity index (χ0v) is 11.0. The van der Waals surface area contributed by atoms with Gasteiger partial charge in [-0.05, 0) is 34.6 Å². The van der Waals surface area contributed by atoms with Gasteiger partial charge in [0.05, 0.1) is 11.6 Å². The van der Waals surface area contributed by atoms with Crippen molar-refractivity contribution in [3.05, 3.63) is 82.9 Å². The van der Waals surface area contributed by atoms with Crippen LogP contribution in [-0.2, 0) is 6.42 Å². The van der Waals surface area contributed by atoms with Crippen LogP contribution >= 0.6 is 0 Å². The summed E-state index contributed by atoms with van der Waals surface area (Å²) in [5.74, 6) is 0.420. The first-order valence-electron chi connectivity index (χ1n) is 6.88. The lowest BCUT2D eigenvalue weighted by atomic mass is 9.91. The SMILES string of the molecule is N#Cc1ccc2c3c(cccc13)CC2c1ccccc1. The molecule has 0 saturated carbocycles.